The molecule has 2 aliphatic rings. The van der Waals surface area contributed by atoms with E-state index in [1.54, 1.807) is 30.3 Å². The number of ether oxygens (including phenoxy) is 2. The number of sulfonamides is 1. The summed E-state index contributed by atoms with van der Waals surface area (Å²) in [5, 5.41) is 9.52. The fourth-order valence-electron chi connectivity index (χ4n) is 5.95. The summed E-state index contributed by atoms with van der Waals surface area (Å²) in [6.07, 6.45) is 0.00154. The normalized spacial score (nSPS) is 21.5. The van der Waals surface area contributed by atoms with Crippen molar-refractivity contribution in [2.24, 2.45) is 0 Å². The molecule has 0 aromatic heterocycles. The van der Waals surface area contributed by atoms with Gasteiger partial charge in [-0.15, -0.1) is 0 Å². The lowest BCUT2D eigenvalue weighted by atomic mass is 9.99. The lowest BCUT2D eigenvalue weighted by molar-refractivity contribution is -0.253. The monoisotopic (exact) mass is 627 g/mol. The van der Waals surface area contributed by atoms with Crippen LogP contribution in [0.25, 0.3) is 0 Å². The van der Waals surface area contributed by atoms with Gasteiger partial charge in [0.2, 0.25) is 10.0 Å². The van der Waals surface area contributed by atoms with Crippen molar-refractivity contribution in [3.8, 4) is 0 Å². The van der Waals surface area contributed by atoms with Gasteiger partial charge in [0.25, 0.3) is 0 Å². The molecule has 3 atom stereocenters. The number of hydrogen-bond donors (Lipinski definition) is 2. The molecule has 9 heteroatoms. The topological polar surface area (TPSA) is 91.3 Å². The Morgan fingerprint density at radius 1 is 0.689 bits per heavy atom. The van der Waals surface area contributed by atoms with Gasteiger partial charge in [-0.3, -0.25) is 9.80 Å². The summed E-state index contributed by atoms with van der Waals surface area (Å²) in [5.41, 5.74) is 5.00. The minimum atomic E-state index is -3.60. The van der Waals surface area contributed by atoms with Crippen LogP contribution in [0.15, 0.2) is 114 Å². The molecule has 0 aliphatic carbocycles. The van der Waals surface area contributed by atoms with Gasteiger partial charge >= 0.3 is 0 Å². The van der Waals surface area contributed by atoms with E-state index in [2.05, 4.69) is 44.9 Å². The van der Waals surface area contributed by atoms with Crippen molar-refractivity contribution in [1.82, 2.24) is 14.5 Å². The lowest BCUT2D eigenvalue weighted by Gasteiger charge is -2.40. The van der Waals surface area contributed by atoms with Crippen molar-refractivity contribution in [3.63, 3.8) is 0 Å². The lowest BCUT2D eigenvalue weighted by Crippen LogP contribution is -2.49. The predicted molar refractivity (Wildman–Crippen MR) is 173 cm³/mol. The number of rotatable bonds is 11. The summed E-state index contributed by atoms with van der Waals surface area (Å²) in [7, 11) is -3.60. The van der Waals surface area contributed by atoms with Crippen LogP contribution in [-0.2, 0) is 39.2 Å². The number of nitrogens with one attached hydrogen (secondary N) is 1. The van der Waals surface area contributed by atoms with E-state index in [4.69, 9.17) is 9.47 Å². The molecule has 0 radical (unpaired) electrons. The van der Waals surface area contributed by atoms with Crippen LogP contribution in [0, 0.1) is 0 Å². The second-order valence-electron chi connectivity index (χ2n) is 11.8. The quantitative estimate of drug-likeness (QED) is 0.241. The zero-order chi connectivity index (χ0) is 31.1. The van der Waals surface area contributed by atoms with Crippen molar-refractivity contribution >= 4 is 10.0 Å². The molecule has 2 N–H and O–H groups in total. The smallest absolute Gasteiger partial charge is 0.240 e. The van der Waals surface area contributed by atoms with E-state index in [0.717, 1.165) is 67.9 Å². The molecule has 2 fully saturated rings. The van der Waals surface area contributed by atoms with Crippen LogP contribution in [0.1, 0.15) is 46.6 Å². The first-order chi connectivity index (χ1) is 21.9. The average Bonchev–Trinajstić information content (AvgIpc) is 3.09. The van der Waals surface area contributed by atoms with Crippen LogP contribution in [0.2, 0.25) is 0 Å². The first-order valence-electron chi connectivity index (χ1n) is 15.6. The molecule has 0 unspecified atom stereocenters. The Hall–Kier alpha value is -3.41. The van der Waals surface area contributed by atoms with Crippen molar-refractivity contribution < 1.29 is 23.0 Å². The molecule has 8 nitrogen and oxygen atoms in total. The Morgan fingerprint density at radius 3 is 1.96 bits per heavy atom. The van der Waals surface area contributed by atoms with Crippen molar-refractivity contribution in [2.75, 3.05) is 32.7 Å². The van der Waals surface area contributed by atoms with Gasteiger partial charge in [-0.05, 0) is 34.4 Å². The van der Waals surface area contributed by atoms with E-state index in [9.17, 15) is 13.5 Å². The number of hydrogen-bond acceptors (Lipinski definition) is 7. The van der Waals surface area contributed by atoms with Crippen LogP contribution in [0.4, 0.5) is 0 Å². The van der Waals surface area contributed by atoms with E-state index in [1.807, 2.05) is 48.5 Å². The summed E-state index contributed by atoms with van der Waals surface area (Å²) in [4.78, 5) is 5.24. The average molecular weight is 628 g/mol. The minimum absolute atomic E-state index is 0.00424. The van der Waals surface area contributed by atoms with E-state index in [0.29, 0.717) is 0 Å². The highest BCUT2D eigenvalue weighted by Crippen LogP contribution is 2.38. The molecule has 2 saturated heterocycles. The summed E-state index contributed by atoms with van der Waals surface area (Å²) >= 11 is 0. The van der Waals surface area contributed by atoms with E-state index >= 15 is 0 Å². The van der Waals surface area contributed by atoms with Crippen molar-refractivity contribution in [1.29, 1.82) is 0 Å². The van der Waals surface area contributed by atoms with E-state index in [-0.39, 0.29) is 30.3 Å². The van der Waals surface area contributed by atoms with E-state index < -0.39 is 16.3 Å². The number of aliphatic hydroxyl groups is 1. The number of nitrogens with zero attached hydrogens (tertiary/aromatic N) is 2. The van der Waals surface area contributed by atoms with Crippen molar-refractivity contribution in [3.05, 3.63) is 137 Å². The van der Waals surface area contributed by atoms with Gasteiger partial charge in [0, 0.05) is 57.8 Å². The Kier molecular flexibility index (Phi) is 10.4. The Morgan fingerprint density at radius 2 is 1.29 bits per heavy atom. The molecule has 236 valence electrons. The van der Waals surface area contributed by atoms with Gasteiger partial charge in [-0.1, -0.05) is 97.1 Å². The summed E-state index contributed by atoms with van der Waals surface area (Å²) < 4.78 is 41.1. The third-order valence-corrected chi connectivity index (χ3v) is 9.98. The minimum Gasteiger partial charge on any atom is -0.392 e. The van der Waals surface area contributed by atoms with Crippen LogP contribution < -0.4 is 4.72 Å². The Bertz CT molecular complexity index is 1590. The van der Waals surface area contributed by atoms with Gasteiger partial charge in [-0.25, -0.2) is 13.1 Å². The molecular weight excluding hydrogens is 586 g/mol. The number of aliphatic hydroxyl groups excluding tert-OH is 1. The van der Waals surface area contributed by atoms with Gasteiger partial charge in [-0.2, -0.15) is 0 Å². The standard InChI is InChI=1S/C36H41N3O5S/c40-27-30-13-15-31(16-14-30)35-23-33(26-39-21-19-38(20-22-39)25-29-7-3-1-4-8-29)43-36(44-35)32-17-11-28(12-18-32)24-37-45(41,42)34-9-5-2-6-10-34/h1-18,33,35-37,40H,19-27H2/t33-,35+,36+/m0/s1. The molecule has 0 bridgehead atoms. The molecule has 0 saturated carbocycles. The molecule has 4 aromatic carbocycles. The molecule has 4 aromatic rings. The largest absolute Gasteiger partial charge is 0.392 e. The van der Waals surface area contributed by atoms with Crippen LogP contribution in [0.5, 0.6) is 0 Å². The molecule has 6 rings (SSSR count). The van der Waals surface area contributed by atoms with Gasteiger partial charge in [0.1, 0.15) is 0 Å². The van der Waals surface area contributed by atoms with E-state index in [1.165, 1.54) is 5.56 Å². The zero-order valence-corrected chi connectivity index (χ0v) is 26.2. The molecule has 0 spiro atoms. The Balaban J connectivity index is 1.10. The maximum atomic E-state index is 12.7. The van der Waals surface area contributed by atoms with Gasteiger partial charge < -0.3 is 14.6 Å². The van der Waals surface area contributed by atoms with Gasteiger partial charge in [0.15, 0.2) is 6.29 Å². The predicted octanol–water partition coefficient (Wildman–Crippen LogP) is 5.02. The highest BCUT2D eigenvalue weighted by Gasteiger charge is 2.33. The number of piperazine rings is 1. The summed E-state index contributed by atoms with van der Waals surface area (Å²) in [6, 6.07) is 34.7. The van der Waals surface area contributed by atoms with Crippen molar-refractivity contribution in [2.45, 2.75) is 49.5 Å². The SMILES string of the molecule is O=S(=O)(NCc1ccc([C@@H]2O[C@H](CN3CCN(Cc4ccccc4)CC3)C[C@H](c3ccc(CO)cc3)O2)cc1)c1ccccc1. The summed E-state index contributed by atoms with van der Waals surface area (Å²) in [5.74, 6) is 0. The second-order valence-corrected chi connectivity index (χ2v) is 13.6. The molecule has 2 aliphatic heterocycles. The maximum Gasteiger partial charge on any atom is 0.240 e. The molecule has 45 heavy (non-hydrogen) atoms. The molecular formula is C36H41N3O5S. The Labute approximate surface area is 266 Å². The zero-order valence-electron chi connectivity index (χ0n) is 25.4. The third-order valence-electron chi connectivity index (χ3n) is 8.56. The first kappa shape index (κ1) is 31.6. The summed E-state index contributed by atoms with van der Waals surface area (Å²) in [6.45, 7) is 5.99. The molecule has 0 amide bonds. The maximum absolute atomic E-state index is 12.7. The highest BCUT2D eigenvalue weighted by atomic mass is 32.2. The van der Waals surface area contributed by atoms with Crippen LogP contribution in [0.3, 0.4) is 0 Å². The second kappa shape index (κ2) is 14.8. The number of benzene rings is 4. The fourth-order valence-corrected chi connectivity index (χ4v) is 6.99. The highest BCUT2D eigenvalue weighted by molar-refractivity contribution is 7.89. The van der Waals surface area contributed by atoms with Crippen LogP contribution in [-0.4, -0.2) is 62.2 Å². The van der Waals surface area contributed by atoms with Gasteiger partial charge in [0.05, 0.1) is 23.7 Å². The van der Waals surface area contributed by atoms with Crippen LogP contribution >= 0.6 is 0 Å². The fraction of sp³-hybridized carbons (Fsp3) is 0.333. The first-order valence-corrected chi connectivity index (χ1v) is 17.1. The molecule has 2 heterocycles. The third kappa shape index (κ3) is 8.45.